The number of carbonyl (C=O) groups is 1. The predicted octanol–water partition coefficient (Wildman–Crippen LogP) is 4.21. The molecule has 0 amide bonds. The summed E-state index contributed by atoms with van der Waals surface area (Å²) < 4.78 is 0. The summed E-state index contributed by atoms with van der Waals surface area (Å²) in [4.78, 5) is 9.98. The smallest absolute Gasteiger partial charge is 0.144 e. The molecule has 1 N–H and O–H groups in total. The van der Waals surface area contributed by atoms with E-state index in [4.69, 9.17) is 0 Å². The topological polar surface area (TPSA) is 29.1 Å². The largest absolute Gasteiger partial charge is 0.391 e. The number of unbranched alkanes of at least 4 members (excludes halogenated alkanes) is 9. The summed E-state index contributed by atoms with van der Waals surface area (Å²) in [5.41, 5.74) is 0. The zero-order chi connectivity index (χ0) is 12.6. The fraction of sp³-hybridized carbons (Fsp3) is 0.800. The van der Waals surface area contributed by atoms with Gasteiger partial charge in [-0.1, -0.05) is 64.7 Å². The lowest BCUT2D eigenvalue weighted by molar-refractivity contribution is -0.104. The third-order valence-corrected chi connectivity index (χ3v) is 2.97. The van der Waals surface area contributed by atoms with Crippen LogP contribution in [0, 0.1) is 0 Å². The second-order valence-corrected chi connectivity index (χ2v) is 4.63. The Bertz CT molecular complexity index is 178. The van der Waals surface area contributed by atoms with Crippen LogP contribution in [-0.4, -0.2) is 12.8 Å². The zero-order valence-electron chi connectivity index (χ0n) is 11.4. The average Bonchev–Trinajstić information content (AvgIpc) is 2.35. The van der Waals surface area contributed by atoms with Crippen molar-refractivity contribution in [2.75, 3.05) is 6.54 Å². The van der Waals surface area contributed by atoms with Crippen LogP contribution < -0.4 is 5.32 Å². The van der Waals surface area contributed by atoms with E-state index in [0.717, 1.165) is 12.8 Å². The summed E-state index contributed by atoms with van der Waals surface area (Å²) in [7, 11) is 0. The molecule has 0 heterocycles. The van der Waals surface area contributed by atoms with E-state index in [-0.39, 0.29) is 0 Å². The lowest BCUT2D eigenvalue weighted by atomic mass is 10.1. The third kappa shape index (κ3) is 15.2. The fourth-order valence-corrected chi connectivity index (χ4v) is 1.91. The van der Waals surface area contributed by atoms with Crippen LogP contribution in [0.1, 0.15) is 71.1 Å². The van der Waals surface area contributed by atoms with Gasteiger partial charge in [-0.3, -0.25) is 4.79 Å². The molecule has 2 heteroatoms. The molecule has 0 bridgehead atoms. The molecule has 100 valence electrons. The second kappa shape index (κ2) is 15.2. The van der Waals surface area contributed by atoms with Crippen molar-refractivity contribution in [3.63, 3.8) is 0 Å². The quantitative estimate of drug-likeness (QED) is 0.296. The maximum atomic E-state index is 9.98. The van der Waals surface area contributed by atoms with E-state index in [1.54, 1.807) is 6.20 Å². The number of rotatable bonds is 13. The van der Waals surface area contributed by atoms with E-state index in [1.165, 1.54) is 70.3 Å². The highest BCUT2D eigenvalue weighted by Gasteiger charge is 1.91. The van der Waals surface area contributed by atoms with Gasteiger partial charge in [0, 0.05) is 6.54 Å². The van der Waals surface area contributed by atoms with Crippen molar-refractivity contribution in [2.45, 2.75) is 71.1 Å². The van der Waals surface area contributed by atoms with Gasteiger partial charge in [0.25, 0.3) is 0 Å². The lowest BCUT2D eigenvalue weighted by Crippen LogP contribution is -2.06. The van der Waals surface area contributed by atoms with Crippen LogP contribution in [0.25, 0.3) is 0 Å². The van der Waals surface area contributed by atoms with E-state index in [9.17, 15) is 4.79 Å². The minimum atomic E-state index is 0.797. The molecule has 0 aromatic carbocycles. The van der Waals surface area contributed by atoms with Gasteiger partial charge < -0.3 is 5.32 Å². The Balaban J connectivity index is 2.93. The normalized spacial score (nSPS) is 10.9. The molecule has 0 aromatic rings. The molecule has 0 spiro atoms. The molecule has 0 saturated carbocycles. The molecule has 0 aliphatic carbocycles. The molecule has 0 aromatic heterocycles. The van der Waals surface area contributed by atoms with Crippen molar-refractivity contribution in [1.29, 1.82) is 0 Å². The van der Waals surface area contributed by atoms with Crippen molar-refractivity contribution < 1.29 is 4.79 Å². The maximum absolute atomic E-state index is 9.98. The van der Waals surface area contributed by atoms with Gasteiger partial charge in [0.2, 0.25) is 0 Å². The fourth-order valence-electron chi connectivity index (χ4n) is 1.91. The summed E-state index contributed by atoms with van der Waals surface area (Å²) in [6.07, 6.45) is 17.7. The van der Waals surface area contributed by atoms with Gasteiger partial charge in [-0.2, -0.15) is 0 Å². The van der Waals surface area contributed by atoms with E-state index >= 15 is 0 Å². The SMILES string of the molecule is CCCCCCCCCCCCNC=CC=O. The van der Waals surface area contributed by atoms with Crippen LogP contribution in [-0.2, 0) is 4.79 Å². The molecule has 0 radical (unpaired) electrons. The van der Waals surface area contributed by atoms with E-state index in [1.807, 2.05) is 0 Å². The van der Waals surface area contributed by atoms with Crippen LogP contribution in [0.15, 0.2) is 12.3 Å². The first-order valence-corrected chi connectivity index (χ1v) is 7.25. The molecular weight excluding hydrogens is 210 g/mol. The second-order valence-electron chi connectivity index (χ2n) is 4.63. The van der Waals surface area contributed by atoms with Gasteiger partial charge in [0.1, 0.15) is 6.29 Å². The van der Waals surface area contributed by atoms with Gasteiger partial charge >= 0.3 is 0 Å². The average molecular weight is 239 g/mol. The minimum absolute atomic E-state index is 0.797. The number of allylic oxidation sites excluding steroid dienone is 1. The molecular formula is C15H29NO. The predicted molar refractivity (Wildman–Crippen MR) is 75.1 cm³/mol. The van der Waals surface area contributed by atoms with Gasteiger partial charge in [-0.15, -0.1) is 0 Å². The van der Waals surface area contributed by atoms with Gasteiger partial charge in [-0.25, -0.2) is 0 Å². The molecule has 0 saturated heterocycles. The van der Waals surface area contributed by atoms with Crippen molar-refractivity contribution in [2.24, 2.45) is 0 Å². The maximum Gasteiger partial charge on any atom is 0.144 e. The third-order valence-electron chi connectivity index (χ3n) is 2.97. The van der Waals surface area contributed by atoms with E-state index < -0.39 is 0 Å². The van der Waals surface area contributed by atoms with Crippen LogP contribution >= 0.6 is 0 Å². The molecule has 17 heavy (non-hydrogen) atoms. The molecule has 0 rings (SSSR count). The Morgan fingerprint density at radius 2 is 1.35 bits per heavy atom. The number of nitrogens with one attached hydrogen (secondary N) is 1. The Morgan fingerprint density at radius 1 is 0.824 bits per heavy atom. The van der Waals surface area contributed by atoms with E-state index in [0.29, 0.717) is 0 Å². The van der Waals surface area contributed by atoms with E-state index in [2.05, 4.69) is 12.2 Å². The first kappa shape index (κ1) is 16.2. The number of carbonyl (C=O) groups excluding carboxylic acids is 1. The minimum Gasteiger partial charge on any atom is -0.391 e. The van der Waals surface area contributed by atoms with Crippen molar-refractivity contribution >= 4 is 6.29 Å². The Labute approximate surface area is 107 Å². The van der Waals surface area contributed by atoms with Crippen LogP contribution in [0.5, 0.6) is 0 Å². The first-order chi connectivity index (χ1) is 8.41. The summed E-state index contributed by atoms with van der Waals surface area (Å²) in [5.74, 6) is 0. The number of aldehydes is 1. The highest BCUT2D eigenvalue weighted by Crippen LogP contribution is 2.10. The van der Waals surface area contributed by atoms with Crippen LogP contribution in [0.2, 0.25) is 0 Å². The van der Waals surface area contributed by atoms with Gasteiger partial charge in [-0.05, 0) is 18.7 Å². The summed E-state index contributed by atoms with van der Waals surface area (Å²) in [5, 5.41) is 3.10. The number of hydrogen-bond donors (Lipinski definition) is 1. The molecule has 0 atom stereocenters. The highest BCUT2D eigenvalue weighted by molar-refractivity contribution is 5.64. The monoisotopic (exact) mass is 239 g/mol. The van der Waals surface area contributed by atoms with Crippen molar-refractivity contribution in [3.05, 3.63) is 12.3 Å². The first-order valence-electron chi connectivity index (χ1n) is 7.25. The molecule has 0 unspecified atom stereocenters. The Morgan fingerprint density at radius 3 is 1.88 bits per heavy atom. The zero-order valence-corrected chi connectivity index (χ0v) is 11.4. The molecule has 2 nitrogen and oxygen atoms in total. The van der Waals surface area contributed by atoms with Crippen LogP contribution in [0.3, 0.4) is 0 Å². The van der Waals surface area contributed by atoms with Gasteiger partial charge in [0.05, 0.1) is 0 Å². The lowest BCUT2D eigenvalue weighted by Gasteiger charge is -2.02. The Kier molecular flexibility index (Phi) is 14.5. The van der Waals surface area contributed by atoms with Crippen LogP contribution in [0.4, 0.5) is 0 Å². The highest BCUT2D eigenvalue weighted by atomic mass is 16.1. The summed E-state index contributed by atoms with van der Waals surface area (Å²) in [6.45, 7) is 3.25. The summed E-state index contributed by atoms with van der Waals surface area (Å²) >= 11 is 0. The Hall–Kier alpha value is -0.790. The standard InChI is InChI=1S/C15H29NO/c1-2-3-4-5-6-7-8-9-10-11-13-16-14-12-15-17/h12,14-16H,2-11,13H2,1H3. The number of hydrogen-bond acceptors (Lipinski definition) is 2. The molecule has 0 aliphatic heterocycles. The molecule has 0 aliphatic rings. The van der Waals surface area contributed by atoms with Crippen molar-refractivity contribution in [1.82, 2.24) is 5.32 Å². The molecule has 0 fully saturated rings. The summed E-state index contributed by atoms with van der Waals surface area (Å²) in [6, 6.07) is 0. The van der Waals surface area contributed by atoms with Crippen molar-refractivity contribution in [3.8, 4) is 0 Å². The van der Waals surface area contributed by atoms with Gasteiger partial charge in [0.15, 0.2) is 0 Å².